The van der Waals surface area contributed by atoms with Crippen LogP contribution in [-0.2, 0) is 17.4 Å². The molecule has 1 aromatic carbocycles. The zero-order chi connectivity index (χ0) is 28.0. The Bertz CT molecular complexity index is 1200. The quantitative estimate of drug-likeness (QED) is 0.279. The van der Waals surface area contributed by atoms with E-state index in [1.165, 1.54) is 0 Å². The van der Waals surface area contributed by atoms with E-state index in [0.29, 0.717) is 57.0 Å². The molecular weight excluding hydrogens is 511 g/mol. The molecule has 10 nitrogen and oxygen atoms in total. The van der Waals surface area contributed by atoms with Crippen molar-refractivity contribution in [3.05, 3.63) is 47.3 Å². The van der Waals surface area contributed by atoms with Gasteiger partial charge in [-0.1, -0.05) is 12.1 Å². The highest BCUT2D eigenvalue weighted by molar-refractivity contribution is 5.86. The lowest BCUT2D eigenvalue weighted by Crippen LogP contribution is -2.57. The second kappa shape index (κ2) is 12.2. The van der Waals surface area contributed by atoms with Gasteiger partial charge in [-0.15, -0.1) is 0 Å². The first-order chi connectivity index (χ1) is 18.6. The number of anilines is 2. The third kappa shape index (κ3) is 7.28. The predicted molar refractivity (Wildman–Crippen MR) is 140 cm³/mol. The van der Waals surface area contributed by atoms with Gasteiger partial charge in [0.1, 0.15) is 17.7 Å². The monoisotopic (exact) mass is 543 g/mol. The molecule has 5 N–H and O–H groups in total. The molecule has 13 heteroatoms. The van der Waals surface area contributed by atoms with E-state index in [9.17, 15) is 18.0 Å². The van der Waals surface area contributed by atoms with Gasteiger partial charge in [0, 0.05) is 38.8 Å². The number of rotatable bonds is 9. The molecule has 2 fully saturated rings. The van der Waals surface area contributed by atoms with Crippen molar-refractivity contribution < 1.29 is 18.0 Å². The minimum atomic E-state index is -4.72. The van der Waals surface area contributed by atoms with E-state index in [2.05, 4.69) is 26.7 Å². The molecular formula is C26H32F3N9O. The summed E-state index contributed by atoms with van der Waals surface area (Å²) in [6, 6.07) is 10.1. The summed E-state index contributed by atoms with van der Waals surface area (Å²) in [5, 5.41) is 21.8. The highest BCUT2D eigenvalue weighted by Crippen LogP contribution is 2.34. The number of hydrogen-bond acceptors (Lipinski definition) is 7. The number of hydrogen-bond donors (Lipinski definition) is 4. The molecule has 39 heavy (non-hydrogen) atoms. The van der Waals surface area contributed by atoms with Gasteiger partial charge in [-0.05, 0) is 55.7 Å². The number of nitrogens with zero attached hydrogens (tertiary/aromatic N) is 5. The van der Waals surface area contributed by atoms with Crippen LogP contribution in [0.15, 0.2) is 30.3 Å². The maximum Gasteiger partial charge on any atom is 0.451 e. The van der Waals surface area contributed by atoms with Gasteiger partial charge in [-0.2, -0.15) is 18.4 Å². The Labute approximate surface area is 224 Å². The van der Waals surface area contributed by atoms with Crippen molar-refractivity contribution in [1.29, 1.82) is 10.7 Å². The van der Waals surface area contributed by atoms with Gasteiger partial charge in [0.25, 0.3) is 0 Å². The fraction of sp³-hybridized carbons (Fsp3) is 0.500. The molecule has 1 atom stereocenters. The van der Waals surface area contributed by atoms with Gasteiger partial charge in [0.2, 0.25) is 11.7 Å². The number of nitrogens with one attached hydrogen (secondary N) is 3. The van der Waals surface area contributed by atoms with Gasteiger partial charge >= 0.3 is 6.18 Å². The fourth-order valence-electron chi connectivity index (χ4n) is 4.85. The van der Waals surface area contributed by atoms with Gasteiger partial charge < -0.3 is 26.2 Å². The summed E-state index contributed by atoms with van der Waals surface area (Å²) in [6.07, 6.45) is -1.23. The average molecular weight is 544 g/mol. The highest BCUT2D eigenvalue weighted by atomic mass is 19.4. The number of carbonyl (C=O) groups is 1. The first-order valence-electron chi connectivity index (χ1n) is 13.0. The van der Waals surface area contributed by atoms with E-state index in [0.717, 1.165) is 24.8 Å². The van der Waals surface area contributed by atoms with Crippen LogP contribution in [0.1, 0.15) is 42.6 Å². The Morgan fingerprint density at radius 2 is 1.77 bits per heavy atom. The third-order valence-corrected chi connectivity index (χ3v) is 7.17. The van der Waals surface area contributed by atoms with Crippen molar-refractivity contribution in [2.24, 2.45) is 11.7 Å². The summed E-state index contributed by atoms with van der Waals surface area (Å²) in [4.78, 5) is 23.9. The van der Waals surface area contributed by atoms with E-state index in [4.69, 9.17) is 16.4 Å². The topological polar surface area (TPSA) is 147 Å². The SMILES string of the molecule is N#Cc1ccc(CCNC(=O)C2CCN2c2cc(N3CCC(CCNC(=N)N)CC3)nc(C(F)(F)F)n2)cc1. The number of piperidine rings is 1. The normalized spacial score (nSPS) is 17.7. The Morgan fingerprint density at radius 1 is 1.08 bits per heavy atom. The maximum atomic E-state index is 13.7. The smallest absolute Gasteiger partial charge is 0.370 e. The molecule has 3 heterocycles. The van der Waals surface area contributed by atoms with Crippen molar-refractivity contribution >= 4 is 23.5 Å². The molecule has 0 aliphatic carbocycles. The zero-order valence-corrected chi connectivity index (χ0v) is 21.5. The van der Waals surface area contributed by atoms with Crippen LogP contribution >= 0.6 is 0 Å². The molecule has 1 unspecified atom stereocenters. The predicted octanol–water partition coefficient (Wildman–Crippen LogP) is 2.39. The van der Waals surface area contributed by atoms with Gasteiger partial charge in [0.15, 0.2) is 5.96 Å². The lowest BCUT2D eigenvalue weighted by Gasteiger charge is -2.41. The number of carbonyl (C=O) groups excluding carboxylic acids is 1. The first-order valence-corrected chi connectivity index (χ1v) is 13.0. The summed E-state index contributed by atoms with van der Waals surface area (Å²) < 4.78 is 41.1. The van der Waals surface area contributed by atoms with Crippen LogP contribution in [0.4, 0.5) is 24.8 Å². The molecule has 2 aliphatic rings. The Morgan fingerprint density at radius 3 is 2.36 bits per heavy atom. The van der Waals surface area contributed by atoms with Crippen LogP contribution in [0.25, 0.3) is 0 Å². The molecule has 4 rings (SSSR count). The number of guanidine groups is 1. The molecule has 0 bridgehead atoms. The van der Waals surface area contributed by atoms with E-state index >= 15 is 0 Å². The molecule has 0 saturated carbocycles. The summed E-state index contributed by atoms with van der Waals surface area (Å²) >= 11 is 0. The second-order valence-electron chi connectivity index (χ2n) is 9.81. The molecule has 1 amide bonds. The molecule has 2 saturated heterocycles. The van der Waals surface area contributed by atoms with Gasteiger partial charge in [0.05, 0.1) is 11.6 Å². The minimum Gasteiger partial charge on any atom is -0.370 e. The van der Waals surface area contributed by atoms with Crippen molar-refractivity contribution in [3.8, 4) is 6.07 Å². The molecule has 0 radical (unpaired) electrons. The van der Waals surface area contributed by atoms with E-state index in [1.54, 1.807) is 23.1 Å². The largest absolute Gasteiger partial charge is 0.451 e. The summed E-state index contributed by atoms with van der Waals surface area (Å²) in [5.41, 5.74) is 6.84. The molecule has 1 aromatic heterocycles. The second-order valence-corrected chi connectivity index (χ2v) is 9.81. The van der Waals surface area contributed by atoms with Crippen LogP contribution < -0.4 is 26.2 Å². The molecule has 208 valence electrons. The number of nitrogens with two attached hydrogens (primary N) is 1. The summed E-state index contributed by atoms with van der Waals surface area (Å²) in [6.45, 7) is 2.48. The molecule has 2 aliphatic heterocycles. The Hall–Kier alpha value is -4.08. The average Bonchev–Trinajstić information content (AvgIpc) is 2.88. The Balaban J connectivity index is 1.38. The van der Waals surface area contributed by atoms with Crippen LogP contribution in [0.5, 0.6) is 0 Å². The van der Waals surface area contributed by atoms with Crippen LogP contribution in [0, 0.1) is 22.7 Å². The fourth-order valence-corrected chi connectivity index (χ4v) is 4.85. The lowest BCUT2D eigenvalue weighted by atomic mass is 9.93. The highest BCUT2D eigenvalue weighted by Gasteiger charge is 2.40. The summed E-state index contributed by atoms with van der Waals surface area (Å²) in [5.74, 6) is -0.870. The van der Waals surface area contributed by atoms with Crippen molar-refractivity contribution in [2.75, 3.05) is 42.5 Å². The maximum absolute atomic E-state index is 13.7. The number of alkyl halides is 3. The molecule has 0 spiro atoms. The van der Waals surface area contributed by atoms with Crippen molar-refractivity contribution in [3.63, 3.8) is 0 Å². The zero-order valence-electron chi connectivity index (χ0n) is 21.5. The van der Waals surface area contributed by atoms with E-state index in [1.807, 2.05) is 17.0 Å². The van der Waals surface area contributed by atoms with E-state index in [-0.39, 0.29) is 23.5 Å². The number of amides is 1. The van der Waals surface area contributed by atoms with Gasteiger partial charge in [-0.25, -0.2) is 9.97 Å². The number of aromatic nitrogens is 2. The minimum absolute atomic E-state index is 0.0788. The summed E-state index contributed by atoms with van der Waals surface area (Å²) in [7, 11) is 0. The van der Waals surface area contributed by atoms with Crippen molar-refractivity contribution in [1.82, 2.24) is 20.6 Å². The van der Waals surface area contributed by atoms with Crippen LogP contribution in [-0.4, -0.2) is 60.6 Å². The number of benzene rings is 1. The van der Waals surface area contributed by atoms with Crippen LogP contribution in [0.3, 0.4) is 0 Å². The first kappa shape index (κ1) is 27.9. The third-order valence-electron chi connectivity index (χ3n) is 7.17. The Kier molecular flexibility index (Phi) is 8.73. The molecule has 2 aromatic rings. The van der Waals surface area contributed by atoms with E-state index < -0.39 is 18.0 Å². The standard InChI is InChI=1S/C26H32F3N9O/c27-26(28,29)24-35-21(37-12-7-18(8-13-37)6-11-34-25(31)32)15-22(36-24)38-14-9-20(38)23(39)33-10-5-17-1-3-19(16-30)4-2-17/h1-4,15,18,20H,5-14H2,(H,33,39)(H4,31,32,34). The van der Waals surface area contributed by atoms with Crippen molar-refractivity contribution in [2.45, 2.75) is 44.3 Å². The lowest BCUT2D eigenvalue weighted by molar-refractivity contribution is -0.144. The van der Waals surface area contributed by atoms with Gasteiger partial charge in [-0.3, -0.25) is 10.2 Å². The number of nitriles is 1. The number of halogens is 3. The van der Waals surface area contributed by atoms with Crippen LogP contribution in [0.2, 0.25) is 0 Å².